The topological polar surface area (TPSA) is 17.1 Å². The van der Waals surface area contributed by atoms with Gasteiger partial charge in [-0.1, -0.05) is 12.2 Å². The zero-order valence-electron chi connectivity index (χ0n) is 6.49. The normalized spacial score (nSPS) is 52.2. The summed E-state index contributed by atoms with van der Waals surface area (Å²) in [7, 11) is 0. The standard InChI is InChI=1S/C10H12O/c11-10-5-6-4-9(10)8-3-1-2-7(6)8/h1,3,6-9H,2,4-5H2/t6-,7+,8+,9-/m1/s1. The van der Waals surface area contributed by atoms with Gasteiger partial charge >= 0.3 is 0 Å². The second-order valence-electron chi connectivity index (χ2n) is 4.18. The average molecular weight is 148 g/mol. The molecular weight excluding hydrogens is 136 g/mol. The van der Waals surface area contributed by atoms with Crippen molar-refractivity contribution < 1.29 is 4.79 Å². The molecule has 0 N–H and O–H groups in total. The fourth-order valence-electron chi connectivity index (χ4n) is 3.28. The molecule has 0 spiro atoms. The Bertz CT molecular complexity index is 241. The van der Waals surface area contributed by atoms with Crippen LogP contribution in [0.25, 0.3) is 0 Å². The Hall–Kier alpha value is -0.590. The van der Waals surface area contributed by atoms with Crippen molar-refractivity contribution in [2.45, 2.75) is 19.3 Å². The van der Waals surface area contributed by atoms with Crippen LogP contribution in [0.4, 0.5) is 0 Å². The first-order valence-corrected chi connectivity index (χ1v) is 4.55. The number of rotatable bonds is 0. The van der Waals surface area contributed by atoms with Crippen molar-refractivity contribution in [2.24, 2.45) is 23.7 Å². The third kappa shape index (κ3) is 0.597. The lowest BCUT2D eigenvalue weighted by atomic mass is 9.81. The Kier molecular flexibility index (Phi) is 0.961. The van der Waals surface area contributed by atoms with Crippen LogP contribution in [0.3, 0.4) is 0 Å². The summed E-state index contributed by atoms with van der Waals surface area (Å²) in [4.78, 5) is 11.3. The third-order valence-electron chi connectivity index (χ3n) is 3.76. The summed E-state index contributed by atoms with van der Waals surface area (Å²) in [5, 5.41) is 0. The molecule has 58 valence electrons. The summed E-state index contributed by atoms with van der Waals surface area (Å²) >= 11 is 0. The van der Waals surface area contributed by atoms with Gasteiger partial charge in [-0.25, -0.2) is 0 Å². The van der Waals surface area contributed by atoms with Gasteiger partial charge in [0.1, 0.15) is 5.78 Å². The van der Waals surface area contributed by atoms with Crippen LogP contribution < -0.4 is 0 Å². The summed E-state index contributed by atoms with van der Waals surface area (Å²) in [5.74, 6) is 3.25. The molecule has 0 amide bonds. The zero-order valence-corrected chi connectivity index (χ0v) is 6.49. The van der Waals surface area contributed by atoms with E-state index in [-0.39, 0.29) is 0 Å². The highest BCUT2D eigenvalue weighted by Crippen LogP contribution is 2.54. The van der Waals surface area contributed by atoms with Crippen LogP contribution in [-0.2, 0) is 4.79 Å². The molecule has 0 heterocycles. The van der Waals surface area contributed by atoms with Crippen LogP contribution in [0, 0.1) is 23.7 Å². The Morgan fingerprint density at radius 1 is 1.45 bits per heavy atom. The van der Waals surface area contributed by atoms with Crippen LogP contribution in [0.2, 0.25) is 0 Å². The summed E-state index contributed by atoms with van der Waals surface area (Å²) in [6.07, 6.45) is 7.91. The number of hydrogen-bond donors (Lipinski definition) is 0. The van der Waals surface area contributed by atoms with E-state index in [0.29, 0.717) is 17.6 Å². The van der Waals surface area contributed by atoms with Crippen LogP contribution in [-0.4, -0.2) is 5.78 Å². The average Bonchev–Trinajstić information content (AvgIpc) is 2.52. The van der Waals surface area contributed by atoms with Crippen molar-refractivity contribution in [2.75, 3.05) is 0 Å². The Labute approximate surface area is 66.5 Å². The molecule has 2 bridgehead atoms. The summed E-state index contributed by atoms with van der Waals surface area (Å²) in [6, 6.07) is 0. The Morgan fingerprint density at radius 3 is 3.27 bits per heavy atom. The number of ketones is 1. The molecule has 3 rings (SSSR count). The highest BCUT2D eigenvalue weighted by Gasteiger charge is 2.51. The fraction of sp³-hybridized carbons (Fsp3) is 0.700. The van der Waals surface area contributed by atoms with E-state index in [1.165, 1.54) is 12.8 Å². The fourth-order valence-corrected chi connectivity index (χ4v) is 3.28. The maximum atomic E-state index is 11.3. The quantitative estimate of drug-likeness (QED) is 0.479. The molecule has 0 aliphatic heterocycles. The summed E-state index contributed by atoms with van der Waals surface area (Å²) in [6.45, 7) is 0. The Morgan fingerprint density at radius 2 is 2.36 bits per heavy atom. The highest BCUT2D eigenvalue weighted by atomic mass is 16.1. The lowest BCUT2D eigenvalue weighted by Crippen LogP contribution is -2.23. The molecule has 1 nitrogen and oxygen atoms in total. The SMILES string of the molecule is O=C1C[C@H]2C[C@@H]1[C@H]1C=CC[C@@H]21. The van der Waals surface area contributed by atoms with Crippen LogP contribution in [0.5, 0.6) is 0 Å². The van der Waals surface area contributed by atoms with E-state index < -0.39 is 0 Å². The summed E-state index contributed by atoms with van der Waals surface area (Å²) < 4.78 is 0. The lowest BCUT2D eigenvalue weighted by Gasteiger charge is -2.22. The molecule has 4 atom stereocenters. The van der Waals surface area contributed by atoms with Crippen molar-refractivity contribution in [3.05, 3.63) is 12.2 Å². The maximum Gasteiger partial charge on any atom is 0.136 e. The maximum absolute atomic E-state index is 11.3. The van der Waals surface area contributed by atoms with Gasteiger partial charge in [-0.3, -0.25) is 4.79 Å². The largest absolute Gasteiger partial charge is 0.299 e. The summed E-state index contributed by atoms with van der Waals surface area (Å²) in [5.41, 5.74) is 0. The van der Waals surface area contributed by atoms with Crippen molar-refractivity contribution >= 4 is 5.78 Å². The molecule has 2 fully saturated rings. The predicted octanol–water partition coefficient (Wildman–Crippen LogP) is 1.79. The number of Topliss-reactive ketones (excluding diaryl/α,β-unsaturated/α-hetero) is 1. The number of carbonyl (C=O) groups is 1. The van der Waals surface area contributed by atoms with Gasteiger partial charge in [0.15, 0.2) is 0 Å². The van der Waals surface area contributed by atoms with Crippen LogP contribution in [0.15, 0.2) is 12.2 Å². The van der Waals surface area contributed by atoms with E-state index >= 15 is 0 Å². The van der Waals surface area contributed by atoms with Gasteiger partial charge < -0.3 is 0 Å². The van der Waals surface area contributed by atoms with E-state index in [1.54, 1.807) is 0 Å². The molecule has 0 unspecified atom stereocenters. The first-order valence-electron chi connectivity index (χ1n) is 4.55. The lowest BCUT2D eigenvalue weighted by molar-refractivity contribution is -0.123. The van der Waals surface area contributed by atoms with E-state index in [1.807, 2.05) is 0 Å². The van der Waals surface area contributed by atoms with Gasteiger partial charge in [-0.2, -0.15) is 0 Å². The van der Waals surface area contributed by atoms with Crippen molar-refractivity contribution in [3.8, 4) is 0 Å². The van der Waals surface area contributed by atoms with E-state index in [9.17, 15) is 4.79 Å². The number of carbonyl (C=O) groups excluding carboxylic acids is 1. The van der Waals surface area contributed by atoms with Crippen LogP contribution >= 0.6 is 0 Å². The second-order valence-corrected chi connectivity index (χ2v) is 4.18. The third-order valence-corrected chi connectivity index (χ3v) is 3.76. The molecule has 3 aliphatic carbocycles. The highest BCUT2D eigenvalue weighted by molar-refractivity contribution is 5.85. The van der Waals surface area contributed by atoms with Crippen LogP contribution in [0.1, 0.15) is 19.3 Å². The molecule has 0 aromatic carbocycles. The van der Waals surface area contributed by atoms with E-state index in [4.69, 9.17) is 0 Å². The molecular formula is C10H12O. The van der Waals surface area contributed by atoms with Crippen molar-refractivity contribution in [1.29, 1.82) is 0 Å². The molecule has 3 aliphatic rings. The molecule has 0 aromatic rings. The van der Waals surface area contributed by atoms with Crippen molar-refractivity contribution in [3.63, 3.8) is 0 Å². The minimum absolute atomic E-state index is 0.434. The van der Waals surface area contributed by atoms with E-state index in [0.717, 1.165) is 18.3 Å². The van der Waals surface area contributed by atoms with Gasteiger partial charge in [-0.05, 0) is 30.6 Å². The molecule has 0 saturated heterocycles. The molecule has 0 radical (unpaired) electrons. The number of fused-ring (bicyclic) bond motifs is 5. The van der Waals surface area contributed by atoms with Gasteiger partial charge in [0.05, 0.1) is 0 Å². The molecule has 0 aromatic heterocycles. The smallest absolute Gasteiger partial charge is 0.136 e. The van der Waals surface area contributed by atoms with Crippen molar-refractivity contribution in [1.82, 2.24) is 0 Å². The molecule has 1 heteroatoms. The van der Waals surface area contributed by atoms with Gasteiger partial charge in [0.2, 0.25) is 0 Å². The Balaban J connectivity index is 2.00. The minimum Gasteiger partial charge on any atom is -0.299 e. The number of allylic oxidation sites excluding steroid dienone is 2. The minimum atomic E-state index is 0.434. The first kappa shape index (κ1) is 5.99. The van der Waals surface area contributed by atoms with Gasteiger partial charge in [0, 0.05) is 12.3 Å². The molecule has 11 heavy (non-hydrogen) atoms. The predicted molar refractivity (Wildman–Crippen MR) is 42.0 cm³/mol. The monoisotopic (exact) mass is 148 g/mol. The first-order chi connectivity index (χ1) is 5.36. The second kappa shape index (κ2) is 1.77. The number of hydrogen-bond acceptors (Lipinski definition) is 1. The van der Waals surface area contributed by atoms with Gasteiger partial charge in [0.25, 0.3) is 0 Å². The molecule has 2 saturated carbocycles. The zero-order chi connectivity index (χ0) is 7.42. The van der Waals surface area contributed by atoms with Gasteiger partial charge in [-0.15, -0.1) is 0 Å². The van der Waals surface area contributed by atoms with E-state index in [2.05, 4.69) is 12.2 Å².